The molecule has 1 amide bonds. The topological polar surface area (TPSA) is 75.3 Å². The Kier molecular flexibility index (Phi) is 6.93. The second-order valence-electron chi connectivity index (χ2n) is 4.95. The lowest BCUT2D eigenvalue weighted by molar-refractivity contribution is -0.122. The van der Waals surface area contributed by atoms with Gasteiger partial charge >= 0.3 is 0 Å². The Morgan fingerprint density at radius 1 is 1.42 bits per heavy atom. The largest absolute Gasteiger partial charge is 0.352 e. The van der Waals surface area contributed by atoms with Crippen LogP contribution in [0.25, 0.3) is 0 Å². The Balaban J connectivity index is 0.00000180. The smallest absolute Gasteiger partial charge is 0.221 e. The number of halogens is 1. The van der Waals surface area contributed by atoms with Crippen LogP contribution in [-0.2, 0) is 14.6 Å². The molecule has 0 spiro atoms. The minimum atomic E-state index is -2.95. The van der Waals surface area contributed by atoms with Crippen molar-refractivity contribution in [1.29, 1.82) is 0 Å². The number of amides is 1. The van der Waals surface area contributed by atoms with Gasteiger partial charge in [0, 0.05) is 36.6 Å². The molecule has 2 aliphatic rings. The third-order valence-corrected chi connectivity index (χ3v) is 6.21. The van der Waals surface area contributed by atoms with E-state index in [4.69, 9.17) is 0 Å². The van der Waals surface area contributed by atoms with Crippen LogP contribution in [0.3, 0.4) is 0 Å². The molecular formula is C11H21ClN2O3S2. The van der Waals surface area contributed by atoms with Gasteiger partial charge in [-0.15, -0.1) is 12.4 Å². The van der Waals surface area contributed by atoms with Crippen LogP contribution in [0.15, 0.2) is 0 Å². The van der Waals surface area contributed by atoms with Crippen molar-refractivity contribution in [3.63, 3.8) is 0 Å². The molecule has 112 valence electrons. The van der Waals surface area contributed by atoms with Gasteiger partial charge in [-0.2, -0.15) is 11.8 Å². The van der Waals surface area contributed by atoms with Crippen LogP contribution < -0.4 is 10.6 Å². The summed E-state index contributed by atoms with van der Waals surface area (Å²) in [5.41, 5.74) is 0. The van der Waals surface area contributed by atoms with Crippen molar-refractivity contribution in [1.82, 2.24) is 10.6 Å². The van der Waals surface area contributed by atoms with E-state index in [1.54, 1.807) is 0 Å². The number of hydrogen-bond donors (Lipinski definition) is 2. The van der Waals surface area contributed by atoms with Crippen molar-refractivity contribution < 1.29 is 13.2 Å². The van der Waals surface area contributed by atoms with Gasteiger partial charge in [0.15, 0.2) is 9.84 Å². The van der Waals surface area contributed by atoms with E-state index < -0.39 is 9.84 Å². The highest BCUT2D eigenvalue weighted by molar-refractivity contribution is 7.99. The van der Waals surface area contributed by atoms with E-state index in [2.05, 4.69) is 10.6 Å². The minimum Gasteiger partial charge on any atom is -0.352 e. The van der Waals surface area contributed by atoms with Gasteiger partial charge in [-0.1, -0.05) is 0 Å². The molecule has 0 aliphatic carbocycles. The summed E-state index contributed by atoms with van der Waals surface area (Å²) in [6.45, 7) is 0.945. The average molecular weight is 329 g/mol. The third-order valence-electron chi connectivity index (χ3n) is 3.26. The van der Waals surface area contributed by atoms with Crippen molar-refractivity contribution in [2.45, 2.75) is 31.3 Å². The van der Waals surface area contributed by atoms with Crippen molar-refractivity contribution in [3.05, 3.63) is 0 Å². The first kappa shape index (κ1) is 17.1. The highest BCUT2D eigenvalue weighted by Gasteiger charge is 2.26. The molecule has 0 aromatic carbocycles. The number of thioether (sulfide) groups is 1. The molecule has 2 saturated heterocycles. The van der Waals surface area contributed by atoms with Crippen LogP contribution in [0.4, 0.5) is 0 Å². The van der Waals surface area contributed by atoms with E-state index in [0.29, 0.717) is 12.8 Å². The second-order valence-corrected chi connectivity index (χ2v) is 8.33. The first-order chi connectivity index (χ1) is 8.55. The van der Waals surface area contributed by atoms with Crippen molar-refractivity contribution in [2.75, 3.05) is 29.6 Å². The van der Waals surface area contributed by atoms with Gasteiger partial charge in [-0.25, -0.2) is 8.42 Å². The number of hydrogen-bond acceptors (Lipinski definition) is 5. The highest BCUT2D eigenvalue weighted by atomic mass is 35.5. The molecule has 0 saturated carbocycles. The molecule has 2 fully saturated rings. The number of carbonyl (C=O) groups is 1. The zero-order valence-electron chi connectivity index (χ0n) is 10.8. The molecule has 19 heavy (non-hydrogen) atoms. The summed E-state index contributed by atoms with van der Waals surface area (Å²) in [6.07, 6.45) is 1.88. The zero-order valence-corrected chi connectivity index (χ0v) is 13.2. The lowest BCUT2D eigenvalue weighted by Crippen LogP contribution is -2.46. The Morgan fingerprint density at radius 3 is 2.84 bits per heavy atom. The fourth-order valence-electron chi connectivity index (χ4n) is 2.40. The maximum absolute atomic E-state index is 11.8. The Morgan fingerprint density at radius 2 is 2.21 bits per heavy atom. The zero-order chi connectivity index (χ0) is 13.0. The molecule has 0 aromatic heterocycles. The van der Waals surface area contributed by atoms with Gasteiger partial charge in [0.2, 0.25) is 5.91 Å². The standard InChI is InChI=1S/C11H20N2O3S2.ClH/c14-11(6-10-7-17-4-3-12-10)13-9-2-1-5-18(15,16)8-9;/h9-10,12H,1-8H2,(H,13,14);1H. The summed E-state index contributed by atoms with van der Waals surface area (Å²) in [6, 6.07) is 0.0384. The van der Waals surface area contributed by atoms with Gasteiger partial charge in [-0.3, -0.25) is 4.79 Å². The minimum absolute atomic E-state index is 0. The number of carbonyl (C=O) groups excluding carboxylic acids is 1. The molecule has 8 heteroatoms. The van der Waals surface area contributed by atoms with Gasteiger partial charge in [0.25, 0.3) is 0 Å². The molecular weight excluding hydrogens is 308 g/mol. The Labute approximate surface area is 125 Å². The molecule has 2 unspecified atom stereocenters. The van der Waals surface area contributed by atoms with Gasteiger partial charge in [0.05, 0.1) is 11.5 Å². The van der Waals surface area contributed by atoms with Crippen molar-refractivity contribution in [3.8, 4) is 0 Å². The summed E-state index contributed by atoms with van der Waals surface area (Å²) < 4.78 is 22.9. The molecule has 2 N–H and O–H groups in total. The molecule has 5 nitrogen and oxygen atoms in total. The number of sulfone groups is 1. The fourth-order valence-corrected chi connectivity index (χ4v) is 4.98. The second kappa shape index (κ2) is 7.71. The van der Waals surface area contributed by atoms with Crippen LogP contribution in [0.1, 0.15) is 19.3 Å². The van der Waals surface area contributed by atoms with Crippen LogP contribution >= 0.6 is 24.2 Å². The summed E-state index contributed by atoms with van der Waals surface area (Å²) in [7, 11) is -2.95. The van der Waals surface area contributed by atoms with E-state index in [1.165, 1.54) is 0 Å². The molecule has 2 rings (SSSR count). The van der Waals surface area contributed by atoms with Crippen molar-refractivity contribution >= 4 is 39.9 Å². The van der Waals surface area contributed by atoms with E-state index in [9.17, 15) is 13.2 Å². The average Bonchev–Trinajstić information content (AvgIpc) is 2.28. The lowest BCUT2D eigenvalue weighted by Gasteiger charge is -2.26. The summed E-state index contributed by atoms with van der Waals surface area (Å²) in [5, 5.41) is 6.16. The predicted octanol–water partition coefficient (Wildman–Crippen LogP) is 0.197. The summed E-state index contributed by atoms with van der Waals surface area (Å²) >= 11 is 1.85. The normalized spacial score (nSPS) is 30.1. The third kappa shape index (κ3) is 5.89. The van der Waals surface area contributed by atoms with Crippen molar-refractivity contribution in [2.24, 2.45) is 0 Å². The molecule has 2 heterocycles. The maximum Gasteiger partial charge on any atom is 0.221 e. The number of rotatable bonds is 3. The SMILES string of the molecule is Cl.O=C(CC1CSCCN1)NC1CCCS(=O)(=O)C1. The Bertz CT molecular complexity index is 397. The quantitative estimate of drug-likeness (QED) is 0.774. The first-order valence-electron chi connectivity index (χ1n) is 6.36. The van der Waals surface area contributed by atoms with Crippen LogP contribution in [0.5, 0.6) is 0 Å². The van der Waals surface area contributed by atoms with Crippen LogP contribution in [0, 0.1) is 0 Å². The Hall–Kier alpha value is 0.0200. The van der Waals surface area contributed by atoms with E-state index in [1.807, 2.05) is 11.8 Å². The fraction of sp³-hybridized carbons (Fsp3) is 0.909. The molecule has 0 radical (unpaired) electrons. The molecule has 2 aliphatic heterocycles. The van der Waals surface area contributed by atoms with Crippen LogP contribution in [0.2, 0.25) is 0 Å². The first-order valence-corrected chi connectivity index (χ1v) is 9.34. The van der Waals surface area contributed by atoms with Gasteiger partial charge in [-0.05, 0) is 12.8 Å². The van der Waals surface area contributed by atoms with E-state index >= 15 is 0 Å². The summed E-state index contributed by atoms with van der Waals surface area (Å²) in [4.78, 5) is 11.8. The maximum atomic E-state index is 11.8. The highest BCUT2D eigenvalue weighted by Crippen LogP contribution is 2.13. The monoisotopic (exact) mass is 328 g/mol. The van der Waals surface area contributed by atoms with Crippen LogP contribution in [-0.4, -0.2) is 56.0 Å². The molecule has 2 atom stereocenters. The lowest BCUT2D eigenvalue weighted by atomic mass is 10.1. The molecule has 0 bridgehead atoms. The van der Waals surface area contributed by atoms with Gasteiger partial charge < -0.3 is 10.6 Å². The predicted molar refractivity (Wildman–Crippen MR) is 80.8 cm³/mol. The summed E-state index contributed by atoms with van der Waals surface area (Å²) in [5.74, 6) is 2.39. The van der Waals surface area contributed by atoms with E-state index in [-0.39, 0.29) is 41.9 Å². The van der Waals surface area contributed by atoms with E-state index in [0.717, 1.165) is 24.5 Å². The molecule has 0 aromatic rings. The number of nitrogens with one attached hydrogen (secondary N) is 2. The van der Waals surface area contributed by atoms with Gasteiger partial charge in [0.1, 0.15) is 0 Å².